The predicted octanol–water partition coefficient (Wildman–Crippen LogP) is 3.48. The normalized spacial score (nSPS) is 13.2. The quantitative estimate of drug-likeness (QED) is 0.738. The van der Waals surface area contributed by atoms with Crippen LogP contribution in [0.2, 0.25) is 0 Å². The molecule has 1 aliphatic heterocycles. The highest BCUT2D eigenvalue weighted by Gasteiger charge is 2.23. The number of anilines is 2. The number of halogens is 1. The molecule has 0 bridgehead atoms. The van der Waals surface area contributed by atoms with Gasteiger partial charge in [0.2, 0.25) is 0 Å². The molecule has 0 spiro atoms. The highest BCUT2D eigenvalue weighted by Crippen LogP contribution is 2.40. The van der Waals surface area contributed by atoms with Crippen molar-refractivity contribution in [3.8, 4) is 11.5 Å². The third-order valence-electron chi connectivity index (χ3n) is 4.35. The fourth-order valence-electron chi connectivity index (χ4n) is 3.21. The first kappa shape index (κ1) is 14.7. The molecule has 0 aliphatic carbocycles. The van der Waals surface area contributed by atoms with Gasteiger partial charge in [-0.2, -0.15) is 10.2 Å². The highest BCUT2D eigenvalue weighted by atomic mass is 19.1. The number of benzene rings is 2. The van der Waals surface area contributed by atoms with Crippen LogP contribution in [0.4, 0.5) is 15.8 Å². The van der Waals surface area contributed by atoms with Crippen molar-refractivity contribution in [1.82, 2.24) is 10.2 Å². The van der Waals surface area contributed by atoms with Gasteiger partial charge in [-0.25, -0.2) is 4.39 Å². The summed E-state index contributed by atoms with van der Waals surface area (Å²) in [4.78, 5) is 2.14. The van der Waals surface area contributed by atoms with Crippen LogP contribution in [-0.4, -0.2) is 31.0 Å². The number of nitrogens with zero attached hydrogens (tertiary/aromatic N) is 3. The second kappa shape index (κ2) is 5.63. The van der Waals surface area contributed by atoms with Crippen molar-refractivity contribution in [1.29, 1.82) is 0 Å². The molecule has 0 amide bonds. The Balaban J connectivity index is 1.89. The largest absolute Gasteiger partial charge is 0.493 e. The van der Waals surface area contributed by atoms with E-state index in [1.54, 1.807) is 26.5 Å². The average Bonchev–Trinajstić information content (AvgIpc) is 3.02. The zero-order valence-corrected chi connectivity index (χ0v) is 13.4. The maximum absolute atomic E-state index is 13.5. The van der Waals surface area contributed by atoms with E-state index in [4.69, 9.17) is 9.47 Å². The van der Waals surface area contributed by atoms with Crippen LogP contribution in [0, 0.1) is 5.82 Å². The molecule has 0 saturated carbocycles. The number of ether oxygens (including phenoxy) is 2. The third-order valence-corrected chi connectivity index (χ3v) is 4.35. The first-order valence-corrected chi connectivity index (χ1v) is 7.64. The van der Waals surface area contributed by atoms with Crippen molar-refractivity contribution in [3.63, 3.8) is 0 Å². The van der Waals surface area contributed by atoms with E-state index in [1.165, 1.54) is 6.07 Å². The zero-order valence-electron chi connectivity index (χ0n) is 13.4. The molecule has 0 saturated heterocycles. The molecule has 122 valence electrons. The average molecular weight is 325 g/mol. The molecule has 0 unspecified atom stereocenters. The van der Waals surface area contributed by atoms with Crippen LogP contribution in [0.3, 0.4) is 0 Å². The fraction of sp³-hybridized carbons (Fsp3) is 0.222. The van der Waals surface area contributed by atoms with Gasteiger partial charge < -0.3 is 14.4 Å². The van der Waals surface area contributed by atoms with Crippen LogP contribution in [0.1, 0.15) is 5.56 Å². The van der Waals surface area contributed by atoms with E-state index in [1.807, 2.05) is 18.2 Å². The van der Waals surface area contributed by atoms with Crippen molar-refractivity contribution in [3.05, 3.63) is 47.9 Å². The Hall–Kier alpha value is -2.89. The van der Waals surface area contributed by atoms with Gasteiger partial charge in [-0.05, 0) is 36.2 Å². The Morgan fingerprint density at radius 3 is 2.62 bits per heavy atom. The van der Waals surface area contributed by atoms with Gasteiger partial charge in [0.05, 0.1) is 31.6 Å². The van der Waals surface area contributed by atoms with Crippen LogP contribution in [0.15, 0.2) is 36.5 Å². The van der Waals surface area contributed by atoms with Gasteiger partial charge in [0.25, 0.3) is 0 Å². The molecule has 0 radical (unpaired) electrons. The Kier molecular flexibility index (Phi) is 3.45. The second-order valence-electron chi connectivity index (χ2n) is 5.63. The van der Waals surface area contributed by atoms with E-state index >= 15 is 0 Å². The zero-order chi connectivity index (χ0) is 16.7. The molecule has 5 nitrogen and oxygen atoms in total. The Bertz CT molecular complexity index is 930. The molecule has 2 heterocycles. The van der Waals surface area contributed by atoms with Crippen molar-refractivity contribution >= 4 is 22.3 Å². The van der Waals surface area contributed by atoms with Gasteiger partial charge in [0.1, 0.15) is 5.82 Å². The van der Waals surface area contributed by atoms with Gasteiger partial charge in [0, 0.05) is 23.7 Å². The minimum atomic E-state index is -0.209. The minimum absolute atomic E-state index is 0.209. The summed E-state index contributed by atoms with van der Waals surface area (Å²) >= 11 is 0. The number of fused-ring (bicyclic) bond motifs is 2. The van der Waals surface area contributed by atoms with Crippen LogP contribution in [-0.2, 0) is 6.42 Å². The van der Waals surface area contributed by atoms with Crippen LogP contribution in [0.25, 0.3) is 10.9 Å². The number of rotatable bonds is 3. The van der Waals surface area contributed by atoms with E-state index in [2.05, 4.69) is 15.1 Å². The van der Waals surface area contributed by atoms with Crippen LogP contribution in [0.5, 0.6) is 11.5 Å². The topological polar surface area (TPSA) is 47.5 Å². The van der Waals surface area contributed by atoms with Crippen LogP contribution >= 0.6 is 0 Å². The van der Waals surface area contributed by atoms with Gasteiger partial charge >= 0.3 is 0 Å². The smallest absolute Gasteiger partial charge is 0.162 e. The molecule has 0 atom stereocenters. The maximum Gasteiger partial charge on any atom is 0.162 e. The molecule has 0 N–H and O–H groups in total. The van der Waals surface area contributed by atoms with E-state index in [9.17, 15) is 4.39 Å². The van der Waals surface area contributed by atoms with Gasteiger partial charge in [-0.1, -0.05) is 0 Å². The van der Waals surface area contributed by atoms with Crippen molar-refractivity contribution < 1.29 is 13.9 Å². The summed E-state index contributed by atoms with van der Waals surface area (Å²) in [6.07, 6.45) is 2.52. The standard InChI is InChI=1S/C18H16FN3O2/c1-23-17-8-13-14(9-18(17)24-2)21-20-10-16(13)22-6-5-11-7-12(19)3-4-15(11)22/h3-4,7-10H,5-6H2,1-2H3. The summed E-state index contributed by atoms with van der Waals surface area (Å²) in [5, 5.41) is 9.23. The number of hydrogen-bond donors (Lipinski definition) is 0. The van der Waals surface area contributed by atoms with E-state index < -0.39 is 0 Å². The third kappa shape index (κ3) is 2.22. The predicted molar refractivity (Wildman–Crippen MR) is 89.8 cm³/mol. The summed E-state index contributed by atoms with van der Waals surface area (Å²) in [5.41, 5.74) is 3.65. The van der Waals surface area contributed by atoms with Gasteiger partial charge in [-0.3, -0.25) is 0 Å². The van der Waals surface area contributed by atoms with E-state index in [-0.39, 0.29) is 5.82 Å². The summed E-state index contributed by atoms with van der Waals surface area (Å²) in [6, 6.07) is 8.60. The monoisotopic (exact) mass is 325 g/mol. The molecule has 24 heavy (non-hydrogen) atoms. The molecule has 4 rings (SSSR count). The van der Waals surface area contributed by atoms with E-state index in [0.29, 0.717) is 11.5 Å². The van der Waals surface area contributed by atoms with Crippen molar-refractivity contribution in [2.75, 3.05) is 25.7 Å². The Morgan fingerprint density at radius 2 is 1.83 bits per heavy atom. The molecule has 3 aromatic rings. The van der Waals surface area contributed by atoms with Gasteiger partial charge in [-0.15, -0.1) is 0 Å². The SMILES string of the molecule is COc1cc2nncc(N3CCc4cc(F)ccc43)c2cc1OC. The number of aromatic nitrogens is 2. The Labute approximate surface area is 138 Å². The summed E-state index contributed by atoms with van der Waals surface area (Å²) in [7, 11) is 3.19. The summed E-state index contributed by atoms with van der Waals surface area (Å²) < 4.78 is 24.2. The molecule has 2 aromatic carbocycles. The molecular formula is C18H16FN3O2. The summed E-state index contributed by atoms with van der Waals surface area (Å²) in [5.74, 6) is 1.04. The Morgan fingerprint density at radius 1 is 1.04 bits per heavy atom. The number of hydrogen-bond acceptors (Lipinski definition) is 5. The lowest BCUT2D eigenvalue weighted by Crippen LogP contribution is -2.14. The van der Waals surface area contributed by atoms with Crippen molar-refractivity contribution in [2.24, 2.45) is 0 Å². The first-order valence-electron chi connectivity index (χ1n) is 7.64. The van der Waals surface area contributed by atoms with Crippen LogP contribution < -0.4 is 14.4 Å². The molecule has 0 fully saturated rings. The minimum Gasteiger partial charge on any atom is -0.493 e. The molecule has 6 heteroatoms. The summed E-state index contributed by atoms with van der Waals surface area (Å²) in [6.45, 7) is 0.772. The molecule has 1 aromatic heterocycles. The second-order valence-corrected chi connectivity index (χ2v) is 5.63. The lowest BCUT2D eigenvalue weighted by molar-refractivity contribution is 0.355. The van der Waals surface area contributed by atoms with E-state index in [0.717, 1.165) is 40.8 Å². The number of methoxy groups -OCH3 is 2. The highest BCUT2D eigenvalue weighted by molar-refractivity contribution is 5.95. The van der Waals surface area contributed by atoms with Crippen molar-refractivity contribution in [2.45, 2.75) is 6.42 Å². The molecular weight excluding hydrogens is 309 g/mol. The molecule has 1 aliphatic rings. The lowest BCUT2D eigenvalue weighted by Gasteiger charge is -2.21. The fourth-order valence-corrected chi connectivity index (χ4v) is 3.21. The van der Waals surface area contributed by atoms with Gasteiger partial charge in [0.15, 0.2) is 11.5 Å². The maximum atomic E-state index is 13.5. The lowest BCUT2D eigenvalue weighted by atomic mass is 10.1. The first-order chi connectivity index (χ1) is 11.7.